The number of nitrogens with two attached hydrogens (primary N) is 1. The van der Waals surface area contributed by atoms with E-state index in [1.807, 2.05) is 20.8 Å². The molecule has 3 N–H and O–H groups in total. The zero-order chi connectivity index (χ0) is 13.3. The molecule has 18 heavy (non-hydrogen) atoms. The number of fused-ring (bicyclic) bond motifs is 2. The van der Waals surface area contributed by atoms with Crippen LogP contribution < -0.4 is 11.1 Å². The SMILES string of the molecule is CC(C)(C)NC(=O)CC(CN)N1CC2CCC1C2. The molecule has 104 valence electrons. The van der Waals surface area contributed by atoms with Crippen LogP contribution in [-0.2, 0) is 4.79 Å². The minimum atomic E-state index is -0.153. The monoisotopic (exact) mass is 253 g/mol. The zero-order valence-corrected chi connectivity index (χ0v) is 11.9. The summed E-state index contributed by atoms with van der Waals surface area (Å²) in [4.78, 5) is 14.5. The molecule has 2 rings (SSSR count). The summed E-state index contributed by atoms with van der Waals surface area (Å²) in [5, 5.41) is 3.03. The number of carbonyl (C=O) groups excluding carboxylic acids is 1. The molecule has 2 aliphatic rings. The quantitative estimate of drug-likeness (QED) is 0.789. The molecule has 1 heterocycles. The number of hydrogen-bond donors (Lipinski definition) is 2. The zero-order valence-electron chi connectivity index (χ0n) is 11.9. The molecule has 1 aliphatic heterocycles. The Balaban J connectivity index is 1.88. The van der Waals surface area contributed by atoms with E-state index in [1.54, 1.807) is 0 Å². The molecule has 0 aromatic heterocycles. The van der Waals surface area contributed by atoms with Crippen LogP contribution in [0.4, 0.5) is 0 Å². The van der Waals surface area contributed by atoms with Gasteiger partial charge in [-0.15, -0.1) is 0 Å². The second kappa shape index (κ2) is 5.17. The van der Waals surface area contributed by atoms with E-state index in [-0.39, 0.29) is 17.5 Å². The molecule has 1 saturated heterocycles. The largest absolute Gasteiger partial charge is 0.351 e. The van der Waals surface area contributed by atoms with Gasteiger partial charge in [-0.25, -0.2) is 0 Å². The summed E-state index contributed by atoms with van der Waals surface area (Å²) in [7, 11) is 0. The van der Waals surface area contributed by atoms with Gasteiger partial charge in [0.2, 0.25) is 5.91 Å². The topological polar surface area (TPSA) is 58.4 Å². The Kier molecular flexibility index (Phi) is 3.97. The van der Waals surface area contributed by atoms with E-state index in [1.165, 1.54) is 19.3 Å². The third-order valence-electron chi connectivity index (χ3n) is 4.13. The fraction of sp³-hybridized carbons (Fsp3) is 0.929. The lowest BCUT2D eigenvalue weighted by Crippen LogP contribution is -2.49. The van der Waals surface area contributed by atoms with Crippen LogP contribution in [-0.4, -0.2) is 41.5 Å². The van der Waals surface area contributed by atoms with Gasteiger partial charge in [0, 0.05) is 37.1 Å². The minimum absolute atomic E-state index is 0.126. The van der Waals surface area contributed by atoms with Crippen molar-refractivity contribution >= 4 is 5.91 Å². The van der Waals surface area contributed by atoms with Crippen molar-refractivity contribution in [2.75, 3.05) is 13.1 Å². The van der Waals surface area contributed by atoms with Crippen molar-refractivity contribution in [3.05, 3.63) is 0 Å². The summed E-state index contributed by atoms with van der Waals surface area (Å²) >= 11 is 0. The van der Waals surface area contributed by atoms with Gasteiger partial charge in [-0.1, -0.05) is 0 Å². The maximum Gasteiger partial charge on any atom is 0.222 e. The molecule has 3 unspecified atom stereocenters. The summed E-state index contributed by atoms with van der Waals surface area (Å²) in [6, 6.07) is 0.911. The van der Waals surface area contributed by atoms with Crippen molar-refractivity contribution in [2.24, 2.45) is 11.7 Å². The van der Waals surface area contributed by atoms with Crippen molar-refractivity contribution in [2.45, 2.75) is 64.1 Å². The van der Waals surface area contributed by atoms with E-state index in [9.17, 15) is 4.79 Å². The van der Waals surface area contributed by atoms with Crippen molar-refractivity contribution in [1.29, 1.82) is 0 Å². The van der Waals surface area contributed by atoms with Gasteiger partial charge in [0.15, 0.2) is 0 Å². The molecule has 0 spiro atoms. The van der Waals surface area contributed by atoms with Gasteiger partial charge < -0.3 is 11.1 Å². The number of hydrogen-bond acceptors (Lipinski definition) is 3. The van der Waals surface area contributed by atoms with Crippen LogP contribution in [0.1, 0.15) is 46.5 Å². The van der Waals surface area contributed by atoms with E-state index in [4.69, 9.17) is 5.73 Å². The highest BCUT2D eigenvalue weighted by Crippen LogP contribution is 2.38. The summed E-state index contributed by atoms with van der Waals surface area (Å²) in [6.45, 7) is 7.77. The summed E-state index contributed by atoms with van der Waals surface area (Å²) < 4.78 is 0. The second-order valence-electron chi connectivity index (χ2n) is 6.92. The van der Waals surface area contributed by atoms with E-state index in [0.717, 1.165) is 12.5 Å². The molecule has 2 bridgehead atoms. The van der Waals surface area contributed by atoms with Crippen LogP contribution in [0.15, 0.2) is 0 Å². The standard InChI is InChI=1S/C14H27N3O/c1-14(2,3)16-13(18)7-12(8-15)17-9-10-4-5-11(17)6-10/h10-12H,4-9,15H2,1-3H3,(H,16,18). The van der Waals surface area contributed by atoms with Gasteiger partial charge in [0.1, 0.15) is 0 Å². The van der Waals surface area contributed by atoms with Gasteiger partial charge in [-0.2, -0.15) is 0 Å². The molecule has 3 atom stereocenters. The third kappa shape index (κ3) is 3.23. The minimum Gasteiger partial charge on any atom is -0.351 e. The molecular weight excluding hydrogens is 226 g/mol. The van der Waals surface area contributed by atoms with Crippen LogP contribution in [0, 0.1) is 5.92 Å². The van der Waals surface area contributed by atoms with Gasteiger partial charge in [-0.05, 0) is 46.0 Å². The van der Waals surface area contributed by atoms with E-state index < -0.39 is 0 Å². The number of amides is 1. The van der Waals surface area contributed by atoms with E-state index in [0.29, 0.717) is 19.0 Å². The number of nitrogens with zero attached hydrogens (tertiary/aromatic N) is 1. The van der Waals surface area contributed by atoms with Crippen molar-refractivity contribution in [3.8, 4) is 0 Å². The highest BCUT2D eigenvalue weighted by molar-refractivity contribution is 5.77. The average Bonchev–Trinajstić information content (AvgIpc) is 2.84. The van der Waals surface area contributed by atoms with Crippen LogP contribution >= 0.6 is 0 Å². The first kappa shape index (κ1) is 13.8. The third-order valence-corrected chi connectivity index (χ3v) is 4.13. The lowest BCUT2D eigenvalue weighted by Gasteiger charge is -2.34. The van der Waals surface area contributed by atoms with Gasteiger partial charge in [-0.3, -0.25) is 9.69 Å². The maximum atomic E-state index is 12.0. The van der Waals surface area contributed by atoms with Crippen molar-refractivity contribution in [1.82, 2.24) is 10.2 Å². The first-order valence-electron chi connectivity index (χ1n) is 7.16. The Morgan fingerprint density at radius 3 is 2.61 bits per heavy atom. The molecule has 1 aliphatic carbocycles. The summed E-state index contributed by atoms with van der Waals surface area (Å²) in [6.07, 6.45) is 4.52. The number of nitrogens with one attached hydrogen (secondary N) is 1. The van der Waals surface area contributed by atoms with Crippen LogP contribution in [0.2, 0.25) is 0 Å². The number of piperidine rings is 1. The molecule has 1 saturated carbocycles. The van der Waals surface area contributed by atoms with E-state index in [2.05, 4.69) is 10.2 Å². The molecule has 2 fully saturated rings. The predicted molar refractivity (Wildman–Crippen MR) is 73.2 cm³/mol. The Morgan fingerprint density at radius 2 is 2.17 bits per heavy atom. The molecule has 0 radical (unpaired) electrons. The summed E-state index contributed by atoms with van der Waals surface area (Å²) in [5.41, 5.74) is 5.72. The lowest BCUT2D eigenvalue weighted by atomic mass is 10.0. The Bertz CT molecular complexity index is 311. The molecule has 1 amide bonds. The summed E-state index contributed by atoms with van der Waals surface area (Å²) in [5.74, 6) is 0.982. The fourth-order valence-corrected chi connectivity index (χ4v) is 3.43. The van der Waals surface area contributed by atoms with Crippen LogP contribution in [0.3, 0.4) is 0 Å². The lowest BCUT2D eigenvalue weighted by molar-refractivity contribution is -0.123. The van der Waals surface area contributed by atoms with Crippen LogP contribution in [0.5, 0.6) is 0 Å². The van der Waals surface area contributed by atoms with E-state index >= 15 is 0 Å². The molecule has 4 nitrogen and oxygen atoms in total. The van der Waals surface area contributed by atoms with Gasteiger partial charge in [0.05, 0.1) is 0 Å². The fourth-order valence-electron chi connectivity index (χ4n) is 3.43. The Hall–Kier alpha value is -0.610. The number of likely N-dealkylation sites (tertiary alicyclic amines) is 1. The van der Waals surface area contributed by atoms with Crippen LogP contribution in [0.25, 0.3) is 0 Å². The Labute approximate surface area is 110 Å². The van der Waals surface area contributed by atoms with Crippen molar-refractivity contribution in [3.63, 3.8) is 0 Å². The maximum absolute atomic E-state index is 12.0. The Morgan fingerprint density at radius 1 is 1.44 bits per heavy atom. The van der Waals surface area contributed by atoms with Gasteiger partial charge in [0.25, 0.3) is 0 Å². The first-order chi connectivity index (χ1) is 8.39. The molecule has 0 aromatic carbocycles. The molecule has 0 aromatic rings. The normalized spacial score (nSPS) is 29.6. The smallest absolute Gasteiger partial charge is 0.222 e. The molecular formula is C14H27N3O. The van der Waals surface area contributed by atoms with Crippen molar-refractivity contribution < 1.29 is 4.79 Å². The average molecular weight is 253 g/mol. The number of carbonyl (C=O) groups is 1. The molecule has 4 heteroatoms. The number of rotatable bonds is 4. The highest BCUT2D eigenvalue weighted by Gasteiger charge is 2.41. The van der Waals surface area contributed by atoms with Gasteiger partial charge >= 0.3 is 0 Å². The second-order valence-corrected chi connectivity index (χ2v) is 6.92. The predicted octanol–water partition coefficient (Wildman–Crippen LogP) is 1.10. The highest BCUT2D eigenvalue weighted by atomic mass is 16.1. The first-order valence-corrected chi connectivity index (χ1v) is 7.16.